The quantitative estimate of drug-likeness (QED) is 0.262. The van der Waals surface area contributed by atoms with Gasteiger partial charge in [0.1, 0.15) is 6.10 Å². The van der Waals surface area contributed by atoms with Gasteiger partial charge in [-0.1, -0.05) is 77.8 Å². The molecule has 7 rings (SSSR count). The summed E-state index contributed by atoms with van der Waals surface area (Å²) in [7, 11) is 2.10. The summed E-state index contributed by atoms with van der Waals surface area (Å²) < 4.78 is 6.20. The number of amides is 1. The maximum absolute atomic E-state index is 14.4. The molecular weight excluding hydrogens is 724 g/mol. The van der Waals surface area contributed by atoms with Crippen molar-refractivity contribution in [2.75, 3.05) is 20.1 Å². The zero-order valence-corrected chi connectivity index (χ0v) is 36.5. The highest BCUT2D eigenvalue weighted by molar-refractivity contribution is 6.30. The number of carboxylic acids is 1. The fourth-order valence-electron chi connectivity index (χ4n) is 14.3. The summed E-state index contributed by atoms with van der Waals surface area (Å²) in [6, 6.07) is 7.85. The summed E-state index contributed by atoms with van der Waals surface area (Å²) in [5, 5.41) is 10.3. The van der Waals surface area contributed by atoms with Crippen LogP contribution in [0.25, 0.3) is 0 Å². The SMILES string of the molecule is CC(C)C1=C2[C@H]3CC[C@@H]4[C@@]5(C)CC[C@H](OC(=O)CC(C)(C)C(=O)O)C(C)(C)[C@@H]5CC[C@@]4(C)[C@]3(C)CCC2([C@H]2CN(Cc3ccc(Cl)cc3)C(=O)CN2C)CC1=O. The molecule has 6 aliphatic rings. The number of esters is 1. The number of fused-ring (bicyclic) bond motifs is 7. The number of allylic oxidation sites excluding steroid dienone is 1. The number of benzene rings is 1. The average Bonchev–Trinajstić information content (AvgIpc) is 3.41. The van der Waals surface area contributed by atoms with Crippen LogP contribution in [0.15, 0.2) is 35.4 Å². The number of halogens is 1. The van der Waals surface area contributed by atoms with Crippen molar-refractivity contribution in [1.82, 2.24) is 9.80 Å². The highest BCUT2D eigenvalue weighted by atomic mass is 35.5. The van der Waals surface area contributed by atoms with Crippen molar-refractivity contribution in [3.05, 3.63) is 46.0 Å². The molecule has 5 fully saturated rings. The number of hydrogen-bond donors (Lipinski definition) is 1. The second-order valence-electron chi connectivity index (χ2n) is 21.4. The summed E-state index contributed by atoms with van der Waals surface area (Å²) in [5.41, 5.74) is 2.01. The zero-order valence-electron chi connectivity index (χ0n) is 35.7. The van der Waals surface area contributed by atoms with Crippen molar-refractivity contribution in [2.45, 2.75) is 145 Å². The van der Waals surface area contributed by atoms with Gasteiger partial charge in [0.2, 0.25) is 5.91 Å². The minimum Gasteiger partial charge on any atom is -0.481 e. The van der Waals surface area contributed by atoms with Gasteiger partial charge < -0.3 is 14.7 Å². The van der Waals surface area contributed by atoms with E-state index in [-0.39, 0.29) is 57.5 Å². The molecule has 9 heteroatoms. The Bertz CT molecular complexity index is 1820. The van der Waals surface area contributed by atoms with Gasteiger partial charge in [0.05, 0.1) is 18.4 Å². The lowest BCUT2D eigenvalue weighted by molar-refractivity contribution is -0.234. The maximum Gasteiger partial charge on any atom is 0.309 e. The van der Waals surface area contributed by atoms with Crippen LogP contribution >= 0.6 is 11.6 Å². The van der Waals surface area contributed by atoms with E-state index >= 15 is 0 Å². The molecule has 56 heavy (non-hydrogen) atoms. The highest BCUT2D eigenvalue weighted by Gasteiger charge is 2.71. The molecule has 1 aliphatic heterocycles. The molecule has 1 unspecified atom stereocenters. The number of piperazine rings is 1. The monoisotopic (exact) mass is 790 g/mol. The van der Waals surface area contributed by atoms with Gasteiger partial charge in [-0.2, -0.15) is 0 Å². The number of carbonyl (C=O) groups excluding carboxylic acids is 3. The lowest BCUT2D eigenvalue weighted by atomic mass is 9.32. The molecule has 0 bridgehead atoms. The number of hydrogen-bond acceptors (Lipinski definition) is 6. The molecule has 1 N–H and O–H groups in total. The molecule has 1 saturated heterocycles. The number of likely N-dealkylation sites (N-methyl/N-ethyl adjacent to an activating group) is 1. The third-order valence-electron chi connectivity index (χ3n) is 17.4. The van der Waals surface area contributed by atoms with E-state index < -0.39 is 17.4 Å². The summed E-state index contributed by atoms with van der Waals surface area (Å²) in [6.07, 6.45) is 8.26. The van der Waals surface area contributed by atoms with Crippen LogP contribution in [-0.2, 0) is 30.5 Å². The minimum absolute atomic E-state index is 0.00934. The van der Waals surface area contributed by atoms with E-state index in [0.717, 1.165) is 62.5 Å². The summed E-state index contributed by atoms with van der Waals surface area (Å²) in [6.45, 7) is 21.4. The lowest BCUT2D eigenvalue weighted by Gasteiger charge is -2.72. The van der Waals surface area contributed by atoms with Crippen molar-refractivity contribution >= 4 is 35.2 Å². The van der Waals surface area contributed by atoms with Crippen LogP contribution in [0.2, 0.25) is 5.02 Å². The van der Waals surface area contributed by atoms with Crippen LogP contribution < -0.4 is 0 Å². The Morgan fingerprint density at radius 2 is 1.61 bits per heavy atom. The first-order valence-electron chi connectivity index (χ1n) is 21.4. The molecule has 5 aliphatic carbocycles. The molecular formula is C47H67ClN2O6. The zero-order chi connectivity index (χ0) is 41.0. The van der Waals surface area contributed by atoms with Crippen molar-refractivity contribution in [3.63, 3.8) is 0 Å². The minimum atomic E-state index is -1.17. The van der Waals surface area contributed by atoms with E-state index in [2.05, 4.69) is 60.4 Å². The average molecular weight is 792 g/mol. The van der Waals surface area contributed by atoms with Gasteiger partial charge in [-0.3, -0.25) is 24.1 Å². The van der Waals surface area contributed by atoms with Gasteiger partial charge in [0.25, 0.3) is 0 Å². The van der Waals surface area contributed by atoms with Crippen LogP contribution in [-0.4, -0.2) is 70.8 Å². The van der Waals surface area contributed by atoms with Gasteiger partial charge in [-0.15, -0.1) is 0 Å². The number of Topliss-reactive ketones (excluding diaryl/α,β-unsaturated/α-hetero) is 1. The van der Waals surface area contributed by atoms with Crippen molar-refractivity contribution in [1.29, 1.82) is 0 Å². The molecule has 308 valence electrons. The Balaban J connectivity index is 1.19. The topological polar surface area (TPSA) is 104 Å². The predicted molar refractivity (Wildman–Crippen MR) is 219 cm³/mol. The first-order chi connectivity index (χ1) is 26.0. The molecule has 8 nitrogen and oxygen atoms in total. The van der Waals surface area contributed by atoms with Crippen LogP contribution in [0.4, 0.5) is 0 Å². The molecule has 0 radical (unpaired) electrons. The lowest BCUT2D eigenvalue weighted by Crippen LogP contribution is -2.67. The normalized spacial score (nSPS) is 38.5. The fourth-order valence-corrected chi connectivity index (χ4v) is 14.5. The first-order valence-corrected chi connectivity index (χ1v) is 21.8. The highest BCUT2D eigenvalue weighted by Crippen LogP contribution is 2.77. The number of carbonyl (C=O) groups is 4. The summed E-state index contributed by atoms with van der Waals surface area (Å²) >= 11 is 6.21. The Morgan fingerprint density at radius 1 is 0.929 bits per heavy atom. The van der Waals surface area contributed by atoms with Gasteiger partial charge in [0.15, 0.2) is 5.78 Å². The second kappa shape index (κ2) is 14.0. The van der Waals surface area contributed by atoms with E-state index in [0.29, 0.717) is 54.6 Å². The number of ketones is 1. The smallest absolute Gasteiger partial charge is 0.309 e. The largest absolute Gasteiger partial charge is 0.481 e. The molecule has 1 aromatic rings. The van der Waals surface area contributed by atoms with Crippen molar-refractivity contribution in [3.8, 4) is 0 Å². The number of rotatable bonds is 8. The van der Waals surface area contributed by atoms with Crippen LogP contribution in [0.5, 0.6) is 0 Å². The molecule has 9 atom stereocenters. The van der Waals surface area contributed by atoms with Crippen LogP contribution in [0.1, 0.15) is 132 Å². The van der Waals surface area contributed by atoms with Gasteiger partial charge in [-0.25, -0.2) is 0 Å². The van der Waals surface area contributed by atoms with E-state index in [1.807, 2.05) is 29.2 Å². The number of carboxylic acid groups (broad SMARTS) is 1. The molecule has 1 heterocycles. The Hall–Kier alpha value is -2.71. The number of ether oxygens (including phenoxy) is 1. The fraction of sp³-hybridized carbons (Fsp3) is 0.745. The number of aliphatic carboxylic acids is 1. The third-order valence-corrected chi connectivity index (χ3v) is 17.7. The molecule has 1 amide bonds. The van der Waals surface area contributed by atoms with Gasteiger partial charge in [-0.05, 0) is 135 Å². The van der Waals surface area contributed by atoms with Crippen LogP contribution in [0, 0.1) is 56.2 Å². The summed E-state index contributed by atoms with van der Waals surface area (Å²) in [5.74, 6) is 0.349. The third kappa shape index (κ3) is 6.23. The Kier molecular flexibility index (Phi) is 10.3. The van der Waals surface area contributed by atoms with E-state index in [9.17, 15) is 24.3 Å². The van der Waals surface area contributed by atoms with Gasteiger partial charge >= 0.3 is 11.9 Å². The Labute approximate surface area is 340 Å². The van der Waals surface area contributed by atoms with E-state index in [1.54, 1.807) is 13.8 Å². The van der Waals surface area contributed by atoms with Gasteiger partial charge in [0, 0.05) is 41.4 Å². The number of nitrogens with zero attached hydrogens (tertiary/aromatic N) is 2. The van der Waals surface area contributed by atoms with E-state index in [1.165, 1.54) is 5.57 Å². The van der Waals surface area contributed by atoms with E-state index in [4.69, 9.17) is 16.3 Å². The van der Waals surface area contributed by atoms with Crippen LogP contribution in [0.3, 0.4) is 0 Å². The molecule has 0 spiro atoms. The first kappa shape index (κ1) is 41.4. The second-order valence-corrected chi connectivity index (χ2v) is 21.8. The van der Waals surface area contributed by atoms with Crippen molar-refractivity contribution < 1.29 is 29.0 Å². The Morgan fingerprint density at radius 3 is 2.25 bits per heavy atom. The molecule has 0 aromatic heterocycles. The summed E-state index contributed by atoms with van der Waals surface area (Å²) in [4.78, 5) is 57.3. The maximum atomic E-state index is 14.4. The standard InChI is InChI=1S/C47H67ClN2O6/c1-28(2)39-32(51)23-47(35-26-50(37(52)27-49(35)10)25-29-11-13-30(48)14-12-29)22-21-45(8)31(40(39)47)15-16-34-44(7)19-18-36(56-38(53)24-42(3,4)41(54)55)43(5,6)33(44)17-20-46(34,45)9/h11-14,28,31,33-36H,15-27H2,1-10H3,(H,54,55)/t31-,33+,34-,35-,36+,44+,45-,46-,47?/m1/s1. The predicted octanol–water partition coefficient (Wildman–Crippen LogP) is 9.38. The molecule has 1 aromatic carbocycles. The van der Waals surface area contributed by atoms with Crippen molar-refractivity contribution in [2.24, 2.45) is 56.2 Å². The molecule has 4 saturated carbocycles.